The number of aliphatic hydroxyl groups excluding tert-OH is 1. The van der Waals surface area contributed by atoms with Gasteiger partial charge in [-0.1, -0.05) is 0 Å². The lowest BCUT2D eigenvalue weighted by molar-refractivity contribution is -0.149. The first-order chi connectivity index (χ1) is 18.0. The molecule has 11 nitrogen and oxygen atoms in total. The van der Waals surface area contributed by atoms with Crippen molar-refractivity contribution in [3.05, 3.63) is 60.3 Å². The second-order valence-corrected chi connectivity index (χ2v) is 10.5. The van der Waals surface area contributed by atoms with E-state index in [4.69, 9.17) is 14.2 Å². The molecule has 0 fully saturated rings. The first-order valence-corrected chi connectivity index (χ1v) is 13.4. The van der Waals surface area contributed by atoms with Crippen LogP contribution in [0.3, 0.4) is 0 Å². The Morgan fingerprint density at radius 3 is 2.32 bits per heavy atom. The predicted octanol–water partition coefficient (Wildman–Crippen LogP) is 2.55. The second kappa shape index (κ2) is 12.6. The number of amides is 1. The van der Waals surface area contributed by atoms with Crippen molar-refractivity contribution in [3.63, 3.8) is 0 Å². The van der Waals surface area contributed by atoms with Gasteiger partial charge in [-0.05, 0) is 55.5 Å². The summed E-state index contributed by atoms with van der Waals surface area (Å²) in [4.78, 5) is 27.0. The van der Waals surface area contributed by atoms with Gasteiger partial charge in [-0.25, -0.2) is 13.2 Å². The number of H-pyrrole nitrogens is 1. The zero-order valence-corrected chi connectivity index (χ0v) is 22.2. The van der Waals surface area contributed by atoms with Gasteiger partial charge in [0.1, 0.15) is 29.0 Å². The number of esters is 1. The fraction of sp³-hybridized carbons (Fsp3) is 0.308. The van der Waals surface area contributed by atoms with E-state index in [9.17, 15) is 23.1 Å². The van der Waals surface area contributed by atoms with Crippen LogP contribution in [-0.4, -0.2) is 76.2 Å². The number of aliphatic hydroxyl groups is 1. The molecule has 12 heteroatoms. The van der Waals surface area contributed by atoms with Crippen LogP contribution in [0.15, 0.2) is 59.5 Å². The summed E-state index contributed by atoms with van der Waals surface area (Å²) in [5, 5.41) is 12.1. The van der Waals surface area contributed by atoms with E-state index in [2.05, 4.69) is 15.0 Å². The fourth-order valence-electron chi connectivity index (χ4n) is 3.45. The summed E-state index contributed by atoms with van der Waals surface area (Å²) >= 11 is 0. The van der Waals surface area contributed by atoms with Crippen molar-refractivity contribution in [2.75, 3.05) is 33.6 Å². The molecule has 0 aliphatic heterocycles. The zero-order chi connectivity index (χ0) is 27.9. The lowest BCUT2D eigenvalue weighted by atomic mass is 10.1. The van der Waals surface area contributed by atoms with Gasteiger partial charge in [0.25, 0.3) is 5.91 Å². The maximum atomic E-state index is 12.5. The number of carbonyl (C=O) groups excluding carboxylic acids is 2. The lowest BCUT2D eigenvalue weighted by Crippen LogP contribution is -2.37. The molecule has 3 N–H and O–H groups in total. The number of sulfone groups is 1. The van der Waals surface area contributed by atoms with E-state index in [1.165, 1.54) is 12.1 Å². The van der Waals surface area contributed by atoms with E-state index in [-0.39, 0.29) is 23.2 Å². The van der Waals surface area contributed by atoms with Gasteiger partial charge in [-0.3, -0.25) is 4.79 Å². The van der Waals surface area contributed by atoms with Crippen LogP contribution in [0.25, 0.3) is 11.3 Å². The van der Waals surface area contributed by atoms with Crippen molar-refractivity contribution >= 4 is 21.7 Å². The molecule has 0 saturated heterocycles. The van der Waals surface area contributed by atoms with E-state index in [1.807, 2.05) is 6.92 Å². The number of methoxy groups -OCH3 is 2. The van der Waals surface area contributed by atoms with E-state index >= 15 is 0 Å². The summed E-state index contributed by atoms with van der Waals surface area (Å²) in [6.07, 6.45) is -0.612. The molecule has 1 unspecified atom stereocenters. The standard InChI is InChI=1S/C26H30N2O9S/c1-16(15-34-2)36-19-11-17(12-20(13-19)37-18-5-7-21(8-6-18)38(4,32)33)22-9-10-23(28-22)25(30)27-14-24(29)26(31)35-3/h5-13,16,24,28-29H,14-15H2,1-4H3,(H,27,30)/t16-,24?/m0/s1. The summed E-state index contributed by atoms with van der Waals surface area (Å²) in [6, 6.07) is 14.4. The Morgan fingerprint density at radius 2 is 1.68 bits per heavy atom. The maximum absolute atomic E-state index is 12.5. The van der Waals surface area contributed by atoms with Crippen molar-refractivity contribution in [2.24, 2.45) is 0 Å². The largest absolute Gasteiger partial charge is 0.488 e. The minimum Gasteiger partial charge on any atom is -0.488 e. The van der Waals surface area contributed by atoms with Gasteiger partial charge in [0.05, 0.1) is 25.2 Å². The first kappa shape index (κ1) is 28.7. The van der Waals surface area contributed by atoms with Gasteiger partial charge >= 0.3 is 5.97 Å². The average molecular weight is 547 g/mol. The van der Waals surface area contributed by atoms with Crippen molar-refractivity contribution in [1.82, 2.24) is 10.3 Å². The molecule has 1 heterocycles. The highest BCUT2D eigenvalue weighted by atomic mass is 32.2. The molecular weight excluding hydrogens is 516 g/mol. The first-order valence-electron chi connectivity index (χ1n) is 11.5. The zero-order valence-electron chi connectivity index (χ0n) is 21.4. The molecule has 2 atom stereocenters. The number of hydrogen-bond donors (Lipinski definition) is 3. The van der Waals surface area contributed by atoms with Gasteiger partial charge in [-0.15, -0.1) is 0 Å². The fourth-order valence-corrected chi connectivity index (χ4v) is 4.08. The Bertz CT molecular complexity index is 1370. The maximum Gasteiger partial charge on any atom is 0.336 e. The monoisotopic (exact) mass is 546 g/mol. The number of rotatable bonds is 12. The van der Waals surface area contributed by atoms with Crippen LogP contribution in [0, 0.1) is 0 Å². The van der Waals surface area contributed by atoms with Crippen LogP contribution < -0.4 is 14.8 Å². The summed E-state index contributed by atoms with van der Waals surface area (Å²) < 4.78 is 45.0. The molecule has 38 heavy (non-hydrogen) atoms. The van der Waals surface area contributed by atoms with Crippen LogP contribution in [0.4, 0.5) is 0 Å². The number of nitrogens with one attached hydrogen (secondary N) is 2. The summed E-state index contributed by atoms with van der Waals surface area (Å²) in [6.45, 7) is 1.90. The number of benzene rings is 2. The third-order valence-electron chi connectivity index (χ3n) is 5.28. The van der Waals surface area contributed by atoms with E-state index in [0.29, 0.717) is 35.1 Å². The molecule has 0 radical (unpaired) electrons. The predicted molar refractivity (Wildman–Crippen MR) is 138 cm³/mol. The molecule has 204 valence electrons. The van der Waals surface area contributed by atoms with Crippen molar-refractivity contribution in [3.8, 4) is 28.5 Å². The number of aromatic nitrogens is 1. The lowest BCUT2D eigenvalue weighted by Gasteiger charge is -2.16. The van der Waals surface area contributed by atoms with Gasteiger partial charge in [0, 0.05) is 30.7 Å². The Balaban J connectivity index is 1.85. The van der Waals surface area contributed by atoms with Gasteiger partial charge < -0.3 is 34.4 Å². The Labute approximate surface area is 220 Å². The molecular formula is C26H30N2O9S. The number of carbonyl (C=O) groups is 2. The molecule has 0 aliphatic rings. The highest BCUT2D eigenvalue weighted by molar-refractivity contribution is 7.90. The minimum atomic E-state index is -3.34. The third kappa shape index (κ3) is 7.81. The molecule has 1 aromatic heterocycles. The normalized spacial score (nSPS) is 12.9. The summed E-state index contributed by atoms with van der Waals surface area (Å²) in [7, 11) is -0.631. The molecule has 0 saturated carbocycles. The van der Waals surface area contributed by atoms with Crippen molar-refractivity contribution < 1.29 is 42.1 Å². The number of hydrogen-bond acceptors (Lipinski definition) is 9. The Morgan fingerprint density at radius 1 is 1.00 bits per heavy atom. The summed E-state index contributed by atoms with van der Waals surface area (Å²) in [5.41, 5.74) is 1.42. The van der Waals surface area contributed by atoms with Crippen LogP contribution in [0.5, 0.6) is 17.2 Å². The average Bonchev–Trinajstić information content (AvgIpc) is 3.37. The smallest absolute Gasteiger partial charge is 0.336 e. The Hall–Kier alpha value is -3.87. The van der Waals surface area contributed by atoms with Crippen LogP contribution >= 0.6 is 0 Å². The molecule has 0 aliphatic carbocycles. The third-order valence-corrected chi connectivity index (χ3v) is 6.41. The molecule has 3 rings (SSSR count). The van der Waals surface area contributed by atoms with Gasteiger partial charge in [0.2, 0.25) is 0 Å². The van der Waals surface area contributed by atoms with Gasteiger partial charge in [0.15, 0.2) is 15.9 Å². The number of aromatic amines is 1. The second-order valence-electron chi connectivity index (χ2n) is 8.46. The minimum absolute atomic E-state index is 0.173. The van der Waals surface area contributed by atoms with Crippen LogP contribution in [-0.2, 0) is 24.1 Å². The molecule has 0 bridgehead atoms. The summed E-state index contributed by atoms with van der Waals surface area (Å²) in [5.74, 6) is -0.0629. The topological polar surface area (TPSA) is 153 Å². The Kier molecular flexibility index (Phi) is 9.50. The van der Waals surface area contributed by atoms with Crippen molar-refractivity contribution in [2.45, 2.75) is 24.0 Å². The van der Waals surface area contributed by atoms with E-state index < -0.39 is 27.8 Å². The van der Waals surface area contributed by atoms with Gasteiger partial charge in [-0.2, -0.15) is 0 Å². The molecule has 3 aromatic rings. The highest BCUT2D eigenvalue weighted by Crippen LogP contribution is 2.33. The molecule has 0 spiro atoms. The van der Waals surface area contributed by atoms with E-state index in [1.54, 1.807) is 49.6 Å². The van der Waals surface area contributed by atoms with E-state index in [0.717, 1.165) is 13.4 Å². The highest BCUT2D eigenvalue weighted by Gasteiger charge is 2.18. The molecule has 2 aromatic carbocycles. The quantitative estimate of drug-likeness (QED) is 0.291. The van der Waals surface area contributed by atoms with Crippen molar-refractivity contribution in [1.29, 1.82) is 0 Å². The SMILES string of the molecule is COC[C@H](C)Oc1cc(Oc2ccc(S(C)(=O)=O)cc2)cc(-c2ccc(C(=O)NCC(O)C(=O)OC)[nH]2)c1. The van der Waals surface area contributed by atoms with Crippen LogP contribution in [0.1, 0.15) is 17.4 Å². The van der Waals surface area contributed by atoms with Crippen LogP contribution in [0.2, 0.25) is 0 Å². The number of ether oxygens (including phenoxy) is 4. The molecule has 1 amide bonds.